The molecule has 2 aromatic heterocycles. The van der Waals surface area contributed by atoms with Gasteiger partial charge >= 0.3 is 0 Å². The molecule has 0 fully saturated rings. The van der Waals surface area contributed by atoms with Crippen LogP contribution in [0.15, 0.2) is 85.2 Å². The van der Waals surface area contributed by atoms with Gasteiger partial charge in [0.25, 0.3) is 0 Å². The summed E-state index contributed by atoms with van der Waals surface area (Å²) in [5, 5.41) is 3.88. The molecule has 2 aliphatic carbocycles. The predicted octanol–water partition coefficient (Wildman–Crippen LogP) is 6.78. The Balaban J connectivity index is 1.55. The monoisotopic (exact) mass is 394 g/mol. The summed E-state index contributed by atoms with van der Waals surface area (Å²) in [5.74, 6) is 0. The summed E-state index contributed by atoms with van der Waals surface area (Å²) in [6.45, 7) is 0. The fourth-order valence-electron chi connectivity index (χ4n) is 6.07. The zero-order valence-electron chi connectivity index (χ0n) is 16.9. The Morgan fingerprint density at radius 3 is 2.48 bits per heavy atom. The van der Waals surface area contributed by atoms with Crippen LogP contribution in [0.1, 0.15) is 22.3 Å². The lowest BCUT2D eigenvalue weighted by Crippen LogP contribution is -1.92. The Hall–Kier alpha value is -3.91. The molecule has 6 aromatic rings. The molecular formula is C29H18N2. The van der Waals surface area contributed by atoms with E-state index in [2.05, 4.69) is 83.4 Å². The van der Waals surface area contributed by atoms with Crippen molar-refractivity contribution in [3.05, 3.63) is 107 Å². The van der Waals surface area contributed by atoms with Gasteiger partial charge in [-0.1, -0.05) is 66.7 Å². The van der Waals surface area contributed by atoms with Crippen molar-refractivity contribution in [2.75, 3.05) is 0 Å². The number of hydrogen-bond donors (Lipinski definition) is 0. The van der Waals surface area contributed by atoms with E-state index in [1.807, 2.05) is 6.20 Å². The van der Waals surface area contributed by atoms with Gasteiger partial charge in [-0.3, -0.25) is 4.40 Å². The molecule has 2 nitrogen and oxygen atoms in total. The highest BCUT2D eigenvalue weighted by Gasteiger charge is 2.30. The highest BCUT2D eigenvalue weighted by atomic mass is 15.0. The Morgan fingerprint density at radius 1 is 0.645 bits per heavy atom. The Labute approximate surface area is 179 Å². The second-order valence-electron chi connectivity index (χ2n) is 8.80. The molecule has 31 heavy (non-hydrogen) atoms. The summed E-state index contributed by atoms with van der Waals surface area (Å²) in [7, 11) is 0. The van der Waals surface area contributed by atoms with Gasteiger partial charge in [-0.05, 0) is 63.4 Å². The Kier molecular flexibility index (Phi) is 2.77. The number of para-hydroxylation sites is 1. The Morgan fingerprint density at radius 2 is 1.48 bits per heavy atom. The molecule has 2 heteroatoms. The molecule has 0 bridgehead atoms. The lowest BCUT2D eigenvalue weighted by atomic mass is 9.93. The Bertz CT molecular complexity index is 1740. The van der Waals surface area contributed by atoms with Gasteiger partial charge in [-0.15, -0.1) is 0 Å². The normalized spacial score (nSPS) is 13.5. The van der Waals surface area contributed by atoms with E-state index in [1.54, 1.807) is 0 Å². The minimum Gasteiger partial charge on any atom is -0.299 e. The van der Waals surface area contributed by atoms with Crippen LogP contribution in [0.25, 0.3) is 49.6 Å². The molecule has 0 radical (unpaired) electrons. The van der Waals surface area contributed by atoms with Gasteiger partial charge in [0.1, 0.15) is 5.65 Å². The van der Waals surface area contributed by atoms with Crippen molar-refractivity contribution >= 4 is 27.3 Å². The molecule has 0 saturated carbocycles. The first kappa shape index (κ1) is 15.9. The average molecular weight is 394 g/mol. The van der Waals surface area contributed by atoms with Crippen LogP contribution < -0.4 is 0 Å². The minimum atomic E-state index is 1.01. The predicted molar refractivity (Wildman–Crippen MR) is 127 cm³/mol. The molecule has 0 saturated heterocycles. The topological polar surface area (TPSA) is 17.3 Å². The van der Waals surface area contributed by atoms with E-state index in [4.69, 9.17) is 4.98 Å². The van der Waals surface area contributed by atoms with Gasteiger partial charge in [0.05, 0.1) is 5.52 Å². The molecule has 0 aliphatic heterocycles. The van der Waals surface area contributed by atoms with Crippen LogP contribution in [0.3, 0.4) is 0 Å². The first-order valence-electron chi connectivity index (χ1n) is 10.9. The molecular weight excluding hydrogens is 376 g/mol. The standard InChI is InChI=1S/C29H18N2/c1-2-6-20-17(5-1)15-18-9-11-21-24(26(18)20)16-19-10-12-23-28(27(19)21)22-7-3-4-8-25(22)31-14-13-30-29(23)31/h1-14H,15-16H2. The molecule has 0 N–H and O–H groups in total. The fourth-order valence-corrected chi connectivity index (χ4v) is 6.07. The number of hydrogen-bond acceptors (Lipinski definition) is 1. The van der Waals surface area contributed by atoms with Crippen molar-refractivity contribution in [3.63, 3.8) is 0 Å². The third-order valence-corrected chi connectivity index (χ3v) is 7.31. The van der Waals surface area contributed by atoms with Crippen LogP contribution in [0.2, 0.25) is 0 Å². The summed E-state index contributed by atoms with van der Waals surface area (Å²) in [6, 6.07) is 27.0. The maximum Gasteiger partial charge on any atom is 0.145 e. The summed E-state index contributed by atoms with van der Waals surface area (Å²) in [6.07, 6.45) is 6.04. The fraction of sp³-hybridized carbons (Fsp3) is 0.0690. The van der Waals surface area contributed by atoms with Crippen molar-refractivity contribution in [3.8, 4) is 22.3 Å². The van der Waals surface area contributed by atoms with Crippen LogP contribution in [-0.2, 0) is 12.8 Å². The van der Waals surface area contributed by atoms with Gasteiger partial charge in [0, 0.05) is 28.6 Å². The van der Waals surface area contributed by atoms with Crippen LogP contribution in [0.5, 0.6) is 0 Å². The van der Waals surface area contributed by atoms with Crippen molar-refractivity contribution in [2.45, 2.75) is 12.8 Å². The van der Waals surface area contributed by atoms with Gasteiger partial charge in [-0.25, -0.2) is 4.98 Å². The zero-order chi connectivity index (χ0) is 20.1. The lowest BCUT2D eigenvalue weighted by Gasteiger charge is -2.13. The number of nitrogens with zero attached hydrogens (tertiary/aromatic N) is 2. The smallest absolute Gasteiger partial charge is 0.145 e. The van der Waals surface area contributed by atoms with E-state index in [0.717, 1.165) is 18.5 Å². The van der Waals surface area contributed by atoms with Gasteiger partial charge in [0.2, 0.25) is 0 Å². The van der Waals surface area contributed by atoms with Crippen molar-refractivity contribution in [2.24, 2.45) is 0 Å². The van der Waals surface area contributed by atoms with Gasteiger partial charge < -0.3 is 0 Å². The largest absolute Gasteiger partial charge is 0.299 e. The minimum absolute atomic E-state index is 1.01. The molecule has 0 unspecified atom stereocenters. The zero-order valence-corrected chi connectivity index (χ0v) is 16.9. The number of fused-ring (bicyclic) bond motifs is 14. The first-order valence-corrected chi connectivity index (χ1v) is 10.9. The maximum atomic E-state index is 4.73. The average Bonchev–Trinajstić information content (AvgIpc) is 3.53. The number of aromatic nitrogens is 2. The van der Waals surface area contributed by atoms with E-state index in [9.17, 15) is 0 Å². The molecule has 0 atom stereocenters. The highest BCUT2D eigenvalue weighted by molar-refractivity contribution is 6.19. The first-order chi connectivity index (χ1) is 15.4. The summed E-state index contributed by atoms with van der Waals surface area (Å²) in [4.78, 5) is 4.73. The quantitative estimate of drug-likeness (QED) is 0.259. The van der Waals surface area contributed by atoms with Gasteiger partial charge in [0.15, 0.2) is 0 Å². The molecule has 144 valence electrons. The van der Waals surface area contributed by atoms with Crippen molar-refractivity contribution in [1.82, 2.24) is 9.38 Å². The molecule has 8 rings (SSSR count). The molecule has 4 aromatic carbocycles. The van der Waals surface area contributed by atoms with E-state index in [0.29, 0.717) is 0 Å². The van der Waals surface area contributed by atoms with E-state index < -0.39 is 0 Å². The van der Waals surface area contributed by atoms with Crippen LogP contribution in [-0.4, -0.2) is 9.38 Å². The molecule has 0 amide bonds. The van der Waals surface area contributed by atoms with Crippen molar-refractivity contribution in [1.29, 1.82) is 0 Å². The van der Waals surface area contributed by atoms with Crippen molar-refractivity contribution < 1.29 is 0 Å². The number of pyridine rings is 1. The molecule has 2 heterocycles. The summed E-state index contributed by atoms with van der Waals surface area (Å²) < 4.78 is 2.22. The highest BCUT2D eigenvalue weighted by Crippen LogP contribution is 2.50. The molecule has 0 spiro atoms. The van der Waals surface area contributed by atoms with E-state index in [-0.39, 0.29) is 0 Å². The third-order valence-electron chi connectivity index (χ3n) is 7.31. The van der Waals surface area contributed by atoms with Crippen LogP contribution in [0.4, 0.5) is 0 Å². The summed E-state index contributed by atoms with van der Waals surface area (Å²) >= 11 is 0. The summed E-state index contributed by atoms with van der Waals surface area (Å²) in [5.41, 5.74) is 13.8. The SMILES string of the molecule is c1ccc2c(c1)Cc1ccc3c(c1-2)Cc1ccc2c(c1-3)c1ccccc1n1ccnc21. The maximum absolute atomic E-state index is 4.73. The number of benzene rings is 4. The second kappa shape index (κ2) is 5.41. The van der Waals surface area contributed by atoms with Crippen LogP contribution >= 0.6 is 0 Å². The third kappa shape index (κ3) is 1.87. The van der Waals surface area contributed by atoms with E-state index >= 15 is 0 Å². The van der Waals surface area contributed by atoms with E-state index in [1.165, 1.54) is 66.2 Å². The molecule has 2 aliphatic rings. The second-order valence-corrected chi connectivity index (χ2v) is 8.80. The van der Waals surface area contributed by atoms with Gasteiger partial charge in [-0.2, -0.15) is 0 Å². The number of rotatable bonds is 0. The lowest BCUT2D eigenvalue weighted by molar-refractivity contribution is 1.23. The number of imidazole rings is 1. The van der Waals surface area contributed by atoms with Crippen LogP contribution in [0, 0.1) is 0 Å².